The van der Waals surface area contributed by atoms with E-state index < -0.39 is 17.5 Å². The zero-order valence-electron chi connectivity index (χ0n) is 8.02. The smallest absolute Gasteiger partial charge is 0.353 e. The highest BCUT2D eigenvalue weighted by Gasteiger charge is 2.41. The monoisotopic (exact) mass is 191 g/mol. The molecule has 0 aliphatic heterocycles. The summed E-state index contributed by atoms with van der Waals surface area (Å²) in [5, 5.41) is 7.10. The van der Waals surface area contributed by atoms with Crippen molar-refractivity contribution in [2.24, 2.45) is 0 Å². The Hall–Kier alpha value is -1.13. The molecule has 0 radical (unpaired) electrons. The minimum atomic E-state index is -2.48. The maximum absolute atomic E-state index is 13.4. The van der Waals surface area contributed by atoms with Crippen LogP contribution in [0.25, 0.3) is 0 Å². The molecule has 0 rings (SSSR count). The third-order valence-corrected chi connectivity index (χ3v) is 1.37. The summed E-state index contributed by atoms with van der Waals surface area (Å²) >= 11 is 0. The van der Waals surface area contributed by atoms with Gasteiger partial charge in [-0.05, 0) is 20.8 Å². The van der Waals surface area contributed by atoms with Gasteiger partial charge in [-0.3, -0.25) is 5.41 Å². The van der Waals surface area contributed by atoms with E-state index in [2.05, 4.69) is 9.47 Å². The molecule has 0 amide bonds. The highest BCUT2D eigenvalue weighted by Crippen LogP contribution is 2.15. The van der Waals surface area contributed by atoms with Crippen LogP contribution in [0, 0.1) is 5.41 Å². The molecule has 0 heterocycles. The quantitative estimate of drug-likeness (QED) is 0.414. The van der Waals surface area contributed by atoms with E-state index in [-0.39, 0.29) is 13.2 Å². The molecule has 0 bridgehead atoms. The van der Waals surface area contributed by atoms with Crippen molar-refractivity contribution in [3.8, 4) is 0 Å². The number of nitrogens with one attached hydrogen (secondary N) is 1. The predicted molar refractivity (Wildman–Crippen MR) is 45.5 cm³/mol. The fraction of sp³-hybridized carbons (Fsp3) is 0.750. The number of rotatable bonds is 4. The Morgan fingerprint density at radius 2 is 1.85 bits per heavy atom. The second-order valence-corrected chi connectivity index (χ2v) is 2.49. The average Bonchev–Trinajstić information content (AvgIpc) is 2.05. The maximum atomic E-state index is 13.4. The summed E-state index contributed by atoms with van der Waals surface area (Å²) in [7, 11) is 0. The van der Waals surface area contributed by atoms with E-state index in [1.807, 2.05) is 0 Å². The van der Waals surface area contributed by atoms with Gasteiger partial charge in [-0.25, -0.2) is 9.18 Å². The topological polar surface area (TPSA) is 59.4 Å². The zero-order valence-corrected chi connectivity index (χ0v) is 8.02. The van der Waals surface area contributed by atoms with Crippen LogP contribution in [0.5, 0.6) is 0 Å². The maximum Gasteiger partial charge on any atom is 0.353 e. The van der Waals surface area contributed by atoms with Crippen molar-refractivity contribution >= 4 is 11.9 Å². The molecule has 76 valence electrons. The van der Waals surface area contributed by atoms with Crippen molar-refractivity contribution < 1.29 is 18.7 Å². The summed E-state index contributed by atoms with van der Waals surface area (Å²) in [4.78, 5) is 11.0. The number of ether oxygens (including phenoxy) is 2. The van der Waals surface area contributed by atoms with Gasteiger partial charge in [0.1, 0.15) is 0 Å². The van der Waals surface area contributed by atoms with Crippen LogP contribution in [0.4, 0.5) is 4.39 Å². The van der Waals surface area contributed by atoms with Crippen LogP contribution in [0.15, 0.2) is 0 Å². The van der Waals surface area contributed by atoms with Crippen LogP contribution in [0.3, 0.4) is 0 Å². The number of hydrogen-bond donors (Lipinski definition) is 1. The third-order valence-electron chi connectivity index (χ3n) is 1.37. The van der Waals surface area contributed by atoms with E-state index in [0.29, 0.717) is 0 Å². The molecule has 0 spiro atoms. The van der Waals surface area contributed by atoms with Gasteiger partial charge in [-0.15, -0.1) is 0 Å². The lowest BCUT2D eigenvalue weighted by Crippen LogP contribution is -2.41. The first-order chi connectivity index (χ1) is 5.96. The zero-order chi connectivity index (χ0) is 10.5. The first kappa shape index (κ1) is 11.9. The molecule has 0 fully saturated rings. The molecule has 0 saturated heterocycles. The van der Waals surface area contributed by atoms with Crippen molar-refractivity contribution in [1.82, 2.24) is 0 Å². The Kier molecular flexibility index (Phi) is 4.37. The minimum absolute atomic E-state index is 0.0811. The van der Waals surface area contributed by atoms with Crippen LogP contribution in [-0.4, -0.2) is 30.7 Å². The van der Waals surface area contributed by atoms with E-state index in [1.165, 1.54) is 0 Å². The highest BCUT2D eigenvalue weighted by atomic mass is 19.1. The first-order valence-electron chi connectivity index (χ1n) is 4.04. The Morgan fingerprint density at radius 3 is 2.23 bits per heavy atom. The van der Waals surface area contributed by atoms with E-state index in [1.54, 1.807) is 13.8 Å². The Bertz CT molecular complexity index is 184. The standard InChI is InChI=1S/C8H14FNO3/c1-4-12-6(10)8(3,9)7(11)13-5-2/h10H,4-5H2,1-3H3/t8-/m1/s1. The third kappa shape index (κ3) is 3.01. The molecule has 0 aromatic heterocycles. The lowest BCUT2D eigenvalue weighted by atomic mass is 10.1. The van der Waals surface area contributed by atoms with Gasteiger partial charge in [-0.2, -0.15) is 0 Å². The van der Waals surface area contributed by atoms with Crippen molar-refractivity contribution in [3.63, 3.8) is 0 Å². The average molecular weight is 191 g/mol. The summed E-state index contributed by atoms with van der Waals surface area (Å²) in [5.74, 6) is -1.80. The van der Waals surface area contributed by atoms with E-state index in [9.17, 15) is 9.18 Å². The van der Waals surface area contributed by atoms with Crippen LogP contribution >= 0.6 is 0 Å². The first-order valence-corrected chi connectivity index (χ1v) is 4.04. The van der Waals surface area contributed by atoms with Gasteiger partial charge in [0.25, 0.3) is 5.67 Å². The summed E-state index contributed by atoms with van der Waals surface area (Å²) in [5.41, 5.74) is -2.48. The largest absolute Gasteiger partial charge is 0.479 e. The Labute approximate surface area is 76.5 Å². The molecule has 0 aromatic rings. The van der Waals surface area contributed by atoms with Gasteiger partial charge in [-0.1, -0.05) is 0 Å². The van der Waals surface area contributed by atoms with Gasteiger partial charge >= 0.3 is 5.97 Å². The second-order valence-electron chi connectivity index (χ2n) is 2.49. The van der Waals surface area contributed by atoms with Gasteiger partial charge in [0.15, 0.2) is 0 Å². The van der Waals surface area contributed by atoms with Crippen molar-refractivity contribution in [1.29, 1.82) is 5.41 Å². The number of esters is 1. The molecule has 5 heteroatoms. The van der Waals surface area contributed by atoms with E-state index >= 15 is 0 Å². The van der Waals surface area contributed by atoms with Gasteiger partial charge in [0, 0.05) is 0 Å². The molecule has 1 N–H and O–H groups in total. The highest BCUT2D eigenvalue weighted by molar-refractivity contribution is 6.04. The predicted octanol–water partition coefficient (Wildman–Crippen LogP) is 1.29. The summed E-state index contributed by atoms with van der Waals surface area (Å²) in [6.07, 6.45) is 0. The number of carbonyl (C=O) groups excluding carboxylic acids is 1. The number of halogens is 1. The molecule has 0 aliphatic rings. The SMILES string of the molecule is CCOC(=N)[C@@](C)(F)C(=O)OCC. The number of carbonyl (C=O) groups is 1. The Morgan fingerprint density at radius 1 is 1.38 bits per heavy atom. The van der Waals surface area contributed by atoms with Crippen molar-refractivity contribution in [2.75, 3.05) is 13.2 Å². The molecular formula is C8H14FNO3. The van der Waals surface area contributed by atoms with Crippen LogP contribution < -0.4 is 0 Å². The van der Waals surface area contributed by atoms with E-state index in [4.69, 9.17) is 5.41 Å². The Balaban J connectivity index is 4.36. The van der Waals surface area contributed by atoms with Gasteiger partial charge in [0.2, 0.25) is 5.90 Å². The van der Waals surface area contributed by atoms with Crippen LogP contribution in [0.1, 0.15) is 20.8 Å². The van der Waals surface area contributed by atoms with Crippen LogP contribution in [-0.2, 0) is 14.3 Å². The minimum Gasteiger partial charge on any atom is -0.479 e. The van der Waals surface area contributed by atoms with E-state index in [0.717, 1.165) is 6.92 Å². The van der Waals surface area contributed by atoms with Gasteiger partial charge in [0.05, 0.1) is 13.2 Å². The summed E-state index contributed by atoms with van der Waals surface area (Å²) in [6.45, 7) is 4.35. The lowest BCUT2D eigenvalue weighted by molar-refractivity contribution is -0.152. The van der Waals surface area contributed by atoms with Crippen molar-refractivity contribution in [2.45, 2.75) is 26.4 Å². The fourth-order valence-electron chi connectivity index (χ4n) is 0.639. The molecule has 0 unspecified atom stereocenters. The molecule has 0 aliphatic carbocycles. The normalized spacial score (nSPS) is 14.5. The molecular weight excluding hydrogens is 177 g/mol. The van der Waals surface area contributed by atoms with Crippen molar-refractivity contribution in [3.05, 3.63) is 0 Å². The molecule has 0 saturated carbocycles. The van der Waals surface area contributed by atoms with Gasteiger partial charge < -0.3 is 9.47 Å². The lowest BCUT2D eigenvalue weighted by Gasteiger charge is -2.18. The molecule has 0 aromatic carbocycles. The molecule has 1 atom stereocenters. The van der Waals surface area contributed by atoms with Crippen LogP contribution in [0.2, 0.25) is 0 Å². The number of alkyl halides is 1. The molecule has 13 heavy (non-hydrogen) atoms. The second kappa shape index (κ2) is 4.79. The molecule has 4 nitrogen and oxygen atoms in total. The number of hydrogen-bond acceptors (Lipinski definition) is 4. The summed E-state index contributed by atoms with van der Waals surface area (Å²) in [6, 6.07) is 0. The summed E-state index contributed by atoms with van der Waals surface area (Å²) < 4.78 is 22.4. The fourth-order valence-corrected chi connectivity index (χ4v) is 0.639.